The van der Waals surface area contributed by atoms with Crippen molar-refractivity contribution in [2.24, 2.45) is 0 Å². The van der Waals surface area contributed by atoms with Crippen molar-refractivity contribution in [2.45, 2.75) is 33.6 Å². The van der Waals surface area contributed by atoms with E-state index in [0.29, 0.717) is 0 Å². The first-order chi connectivity index (χ1) is 8.78. The molecule has 3 heterocycles. The molecule has 1 aliphatic rings. The van der Waals surface area contributed by atoms with Crippen molar-refractivity contribution in [3.63, 3.8) is 0 Å². The highest BCUT2D eigenvalue weighted by atomic mass is 32.1. The molecule has 1 aliphatic heterocycles. The van der Waals surface area contributed by atoms with E-state index in [9.17, 15) is 0 Å². The molecule has 3 nitrogen and oxygen atoms in total. The van der Waals surface area contributed by atoms with Gasteiger partial charge in [0.05, 0.1) is 10.2 Å². The molecule has 1 saturated heterocycles. The molecule has 19 heavy (non-hydrogen) atoms. The maximum Gasteiger partial charge on any atom is 0.150 e. The molecular formula is C15H21N3S. The summed E-state index contributed by atoms with van der Waals surface area (Å²) in [5, 5.41) is 0. The van der Waals surface area contributed by atoms with Gasteiger partial charge in [0, 0.05) is 18.0 Å². The lowest BCUT2D eigenvalue weighted by Crippen LogP contribution is -2.30. The highest BCUT2D eigenvalue weighted by Gasteiger charge is 2.17. The van der Waals surface area contributed by atoms with Crippen LogP contribution >= 0.6 is 11.3 Å². The smallest absolute Gasteiger partial charge is 0.150 e. The third-order valence-electron chi connectivity index (χ3n) is 3.34. The van der Waals surface area contributed by atoms with Gasteiger partial charge in [-0.3, -0.25) is 0 Å². The Bertz CT molecular complexity index is 582. The van der Waals surface area contributed by atoms with Gasteiger partial charge in [-0.15, -0.1) is 11.3 Å². The van der Waals surface area contributed by atoms with Gasteiger partial charge in [0.2, 0.25) is 0 Å². The fourth-order valence-electron chi connectivity index (χ4n) is 2.47. The number of hydrogen-bond acceptors (Lipinski definition) is 4. The summed E-state index contributed by atoms with van der Waals surface area (Å²) in [6, 6.07) is 2.11. The summed E-state index contributed by atoms with van der Waals surface area (Å²) >= 11 is 1.74. The predicted molar refractivity (Wildman–Crippen MR) is 85.0 cm³/mol. The Hall–Kier alpha value is -1.42. The van der Waals surface area contributed by atoms with E-state index in [4.69, 9.17) is 0 Å². The van der Waals surface area contributed by atoms with Crippen molar-refractivity contribution < 1.29 is 0 Å². The van der Waals surface area contributed by atoms with Gasteiger partial charge < -0.3 is 4.90 Å². The maximum atomic E-state index is 4.66. The second-order valence-electron chi connectivity index (χ2n) is 4.71. The molecule has 3 rings (SSSR count). The zero-order valence-electron chi connectivity index (χ0n) is 10.6. The minimum Gasteiger partial charge on any atom is -0.355 e. The Balaban J connectivity index is 0.00000133. The summed E-state index contributed by atoms with van der Waals surface area (Å²) in [5.41, 5.74) is 1.06. The van der Waals surface area contributed by atoms with Gasteiger partial charge in [-0.2, -0.15) is 0 Å². The average molecular weight is 275 g/mol. The Morgan fingerprint density at radius 2 is 2.00 bits per heavy atom. The summed E-state index contributed by atoms with van der Waals surface area (Å²) in [7, 11) is 0. The lowest BCUT2D eigenvalue weighted by Gasteiger charge is -2.28. The number of hydrogen-bond donors (Lipinski definition) is 0. The summed E-state index contributed by atoms with van der Waals surface area (Å²) < 4.78 is 1.21. The Morgan fingerprint density at radius 1 is 1.26 bits per heavy atom. The first-order valence-corrected chi connectivity index (χ1v) is 7.25. The quantitative estimate of drug-likeness (QED) is 0.819. The Labute approximate surface area is 119 Å². The standard InChI is InChI=1S/C14H17N3S.CH4/c1-3-11-9-12-13(18-11)14(16-10(2)15-12)17-7-5-4-6-8-17;/h3,9H,1,4-8H2,2H3;1H4. The van der Waals surface area contributed by atoms with Crippen LogP contribution in [0.4, 0.5) is 5.82 Å². The SMILES string of the molecule is C.C=Cc1cc2nc(C)nc(N3CCCCC3)c2s1. The molecule has 0 N–H and O–H groups in total. The third kappa shape index (κ3) is 2.63. The second kappa shape index (κ2) is 5.70. The molecule has 4 heteroatoms. The Kier molecular flexibility index (Phi) is 4.20. The van der Waals surface area contributed by atoms with Crippen molar-refractivity contribution in [3.05, 3.63) is 23.3 Å². The van der Waals surface area contributed by atoms with Crippen molar-refractivity contribution in [1.29, 1.82) is 0 Å². The van der Waals surface area contributed by atoms with E-state index in [1.165, 1.54) is 28.8 Å². The molecule has 0 saturated carbocycles. The molecule has 0 unspecified atom stereocenters. The highest BCUT2D eigenvalue weighted by Crippen LogP contribution is 2.33. The number of thiophene rings is 1. The number of fused-ring (bicyclic) bond motifs is 1. The number of rotatable bonds is 2. The zero-order valence-corrected chi connectivity index (χ0v) is 11.5. The number of aryl methyl sites for hydroxylation is 1. The third-order valence-corrected chi connectivity index (χ3v) is 4.46. The number of nitrogens with zero attached hydrogens (tertiary/aromatic N) is 3. The average Bonchev–Trinajstić information content (AvgIpc) is 2.81. The summed E-state index contributed by atoms with van der Waals surface area (Å²) in [6.07, 6.45) is 5.77. The van der Waals surface area contributed by atoms with E-state index in [0.717, 1.165) is 30.2 Å². The monoisotopic (exact) mass is 275 g/mol. The lowest BCUT2D eigenvalue weighted by atomic mass is 10.1. The van der Waals surface area contributed by atoms with Crippen LogP contribution in [0.2, 0.25) is 0 Å². The Morgan fingerprint density at radius 3 is 2.68 bits per heavy atom. The van der Waals surface area contributed by atoms with E-state index in [-0.39, 0.29) is 7.43 Å². The van der Waals surface area contributed by atoms with Crippen LogP contribution in [0.1, 0.15) is 37.4 Å². The first-order valence-electron chi connectivity index (χ1n) is 6.43. The van der Waals surface area contributed by atoms with Gasteiger partial charge in [0.15, 0.2) is 0 Å². The molecule has 1 fully saturated rings. The molecule has 0 atom stereocenters. The molecule has 0 aromatic carbocycles. The van der Waals surface area contributed by atoms with Crippen LogP contribution < -0.4 is 4.90 Å². The van der Waals surface area contributed by atoms with E-state index in [1.807, 2.05) is 13.0 Å². The van der Waals surface area contributed by atoms with Crippen molar-refractivity contribution in [3.8, 4) is 0 Å². The minimum absolute atomic E-state index is 0. The van der Waals surface area contributed by atoms with E-state index >= 15 is 0 Å². The minimum atomic E-state index is 0. The van der Waals surface area contributed by atoms with Crippen LogP contribution in [0, 0.1) is 6.92 Å². The van der Waals surface area contributed by atoms with Gasteiger partial charge in [-0.25, -0.2) is 9.97 Å². The number of piperidine rings is 1. The summed E-state index contributed by atoms with van der Waals surface area (Å²) in [4.78, 5) is 12.8. The van der Waals surface area contributed by atoms with E-state index in [2.05, 4.69) is 27.5 Å². The van der Waals surface area contributed by atoms with Crippen molar-refractivity contribution in [2.75, 3.05) is 18.0 Å². The molecule has 0 amide bonds. The second-order valence-corrected chi connectivity index (χ2v) is 5.79. The van der Waals surface area contributed by atoms with Crippen LogP contribution in [0.5, 0.6) is 0 Å². The lowest BCUT2D eigenvalue weighted by molar-refractivity contribution is 0.574. The van der Waals surface area contributed by atoms with Crippen LogP contribution in [0.3, 0.4) is 0 Å². The molecule has 0 radical (unpaired) electrons. The topological polar surface area (TPSA) is 29.0 Å². The van der Waals surface area contributed by atoms with Crippen molar-refractivity contribution >= 4 is 33.4 Å². The number of aromatic nitrogens is 2. The van der Waals surface area contributed by atoms with Crippen LogP contribution in [-0.2, 0) is 0 Å². The van der Waals surface area contributed by atoms with Crippen LogP contribution in [0.15, 0.2) is 12.6 Å². The van der Waals surface area contributed by atoms with E-state index in [1.54, 1.807) is 11.3 Å². The predicted octanol–water partition coefficient (Wildman–Crippen LogP) is 4.27. The molecule has 0 bridgehead atoms. The van der Waals surface area contributed by atoms with Gasteiger partial charge in [0.1, 0.15) is 11.6 Å². The molecule has 0 aliphatic carbocycles. The largest absolute Gasteiger partial charge is 0.355 e. The number of anilines is 1. The normalized spacial score (nSPS) is 15.3. The maximum absolute atomic E-state index is 4.66. The van der Waals surface area contributed by atoms with Gasteiger partial charge in [-0.05, 0) is 32.3 Å². The van der Waals surface area contributed by atoms with Crippen molar-refractivity contribution in [1.82, 2.24) is 9.97 Å². The highest BCUT2D eigenvalue weighted by molar-refractivity contribution is 7.20. The van der Waals surface area contributed by atoms with Crippen LogP contribution in [-0.4, -0.2) is 23.1 Å². The van der Waals surface area contributed by atoms with Gasteiger partial charge in [-0.1, -0.05) is 20.1 Å². The summed E-state index contributed by atoms with van der Waals surface area (Å²) in [5.74, 6) is 1.98. The molecule has 102 valence electrons. The van der Waals surface area contributed by atoms with Gasteiger partial charge >= 0.3 is 0 Å². The molecule has 2 aromatic rings. The molecule has 0 spiro atoms. The fourth-order valence-corrected chi connectivity index (χ4v) is 3.43. The first kappa shape index (κ1) is 14.0. The van der Waals surface area contributed by atoms with Crippen LogP contribution in [0.25, 0.3) is 16.3 Å². The molecule has 2 aromatic heterocycles. The zero-order chi connectivity index (χ0) is 12.5. The van der Waals surface area contributed by atoms with E-state index < -0.39 is 0 Å². The van der Waals surface area contributed by atoms with Gasteiger partial charge in [0.25, 0.3) is 0 Å². The fraction of sp³-hybridized carbons (Fsp3) is 0.467. The molecular weight excluding hydrogens is 254 g/mol. The summed E-state index contributed by atoms with van der Waals surface area (Å²) in [6.45, 7) is 8.05.